The summed E-state index contributed by atoms with van der Waals surface area (Å²) in [5, 5.41) is 2.80. The third-order valence-corrected chi connectivity index (χ3v) is 6.04. The average molecular weight is 354 g/mol. The van der Waals surface area contributed by atoms with E-state index in [1.165, 1.54) is 11.4 Å². The number of piperidine rings is 1. The first-order valence-corrected chi connectivity index (χ1v) is 9.45. The van der Waals surface area contributed by atoms with Crippen LogP contribution in [0.25, 0.3) is 0 Å². The molecule has 0 spiro atoms. The van der Waals surface area contributed by atoms with E-state index in [2.05, 4.69) is 10.1 Å². The molecule has 0 aromatic heterocycles. The lowest BCUT2D eigenvalue weighted by Crippen LogP contribution is -2.42. The predicted molar refractivity (Wildman–Crippen MR) is 90.2 cm³/mol. The molecule has 0 saturated carbocycles. The predicted octanol–water partition coefficient (Wildman–Crippen LogP) is 1.47. The summed E-state index contributed by atoms with van der Waals surface area (Å²) in [6.45, 7) is 2.36. The molecule has 1 aromatic carbocycles. The molecule has 132 valence electrons. The molecular formula is C16H22N2O5S. The van der Waals surface area contributed by atoms with Crippen LogP contribution < -0.4 is 5.32 Å². The van der Waals surface area contributed by atoms with E-state index in [9.17, 15) is 18.0 Å². The van der Waals surface area contributed by atoms with Crippen molar-refractivity contribution in [1.82, 2.24) is 4.31 Å². The van der Waals surface area contributed by atoms with E-state index in [0.717, 1.165) is 0 Å². The molecule has 1 aliphatic rings. The van der Waals surface area contributed by atoms with Crippen LogP contribution in [0.5, 0.6) is 0 Å². The number of esters is 1. The molecule has 0 radical (unpaired) electrons. The van der Waals surface area contributed by atoms with Gasteiger partial charge in [0.15, 0.2) is 0 Å². The van der Waals surface area contributed by atoms with Crippen LogP contribution in [-0.4, -0.2) is 50.6 Å². The van der Waals surface area contributed by atoms with Crippen molar-refractivity contribution >= 4 is 27.6 Å². The normalized spacial score (nSPS) is 16.6. The Kier molecular flexibility index (Phi) is 5.95. The Morgan fingerprint density at radius 1 is 1.21 bits per heavy atom. The van der Waals surface area contributed by atoms with Gasteiger partial charge in [-0.15, -0.1) is 0 Å². The van der Waals surface area contributed by atoms with Crippen molar-refractivity contribution in [2.45, 2.75) is 19.8 Å². The molecule has 0 atom stereocenters. The highest BCUT2D eigenvalue weighted by molar-refractivity contribution is 7.89. The SMILES string of the molecule is CCS(=O)(=O)N1CCC(C(=O)Nc2ccc(C(=O)OC)cc2)CC1. The standard InChI is InChI=1S/C16H22N2O5S/c1-3-24(21,22)18-10-8-12(9-11-18)15(19)17-14-6-4-13(5-7-14)16(20)23-2/h4-7,12H,3,8-11H2,1-2H3,(H,17,19). The molecule has 24 heavy (non-hydrogen) atoms. The number of methoxy groups -OCH3 is 1. The fraction of sp³-hybridized carbons (Fsp3) is 0.500. The molecule has 1 aromatic rings. The number of nitrogens with one attached hydrogen (secondary N) is 1. The van der Waals surface area contributed by atoms with Crippen LogP contribution in [0, 0.1) is 5.92 Å². The zero-order chi connectivity index (χ0) is 17.7. The number of carbonyl (C=O) groups excluding carboxylic acids is 2. The Bertz CT molecular complexity index is 692. The van der Waals surface area contributed by atoms with Gasteiger partial charge in [-0.1, -0.05) is 0 Å². The van der Waals surface area contributed by atoms with Gasteiger partial charge in [0.25, 0.3) is 0 Å². The van der Waals surface area contributed by atoms with Gasteiger partial charge in [-0.3, -0.25) is 4.79 Å². The number of hydrogen-bond acceptors (Lipinski definition) is 5. The summed E-state index contributed by atoms with van der Waals surface area (Å²) in [5.41, 5.74) is 1.00. The monoisotopic (exact) mass is 354 g/mol. The Morgan fingerprint density at radius 3 is 2.29 bits per heavy atom. The van der Waals surface area contributed by atoms with Crippen molar-refractivity contribution in [3.05, 3.63) is 29.8 Å². The third-order valence-electron chi connectivity index (χ3n) is 4.16. The van der Waals surface area contributed by atoms with Crippen LogP contribution in [0.4, 0.5) is 5.69 Å². The Labute approximate surface area is 142 Å². The number of hydrogen-bond donors (Lipinski definition) is 1. The van der Waals surface area contributed by atoms with Crippen molar-refractivity contribution in [2.24, 2.45) is 5.92 Å². The minimum absolute atomic E-state index is 0.0798. The first-order valence-electron chi connectivity index (χ1n) is 7.84. The van der Waals surface area contributed by atoms with Crippen LogP contribution in [0.2, 0.25) is 0 Å². The van der Waals surface area contributed by atoms with Gasteiger partial charge in [-0.05, 0) is 44.0 Å². The van der Waals surface area contributed by atoms with Crippen LogP contribution in [0.3, 0.4) is 0 Å². The molecule has 1 saturated heterocycles. The summed E-state index contributed by atoms with van der Waals surface area (Å²) in [7, 11) is -1.88. The molecule has 1 amide bonds. The van der Waals surface area contributed by atoms with Gasteiger partial charge in [0, 0.05) is 24.7 Å². The Hall–Kier alpha value is -1.93. The van der Waals surface area contributed by atoms with E-state index in [4.69, 9.17) is 0 Å². The molecule has 1 fully saturated rings. The highest BCUT2D eigenvalue weighted by Crippen LogP contribution is 2.22. The first-order chi connectivity index (χ1) is 11.4. The minimum atomic E-state index is -3.19. The van der Waals surface area contributed by atoms with Gasteiger partial charge >= 0.3 is 5.97 Å². The lowest BCUT2D eigenvalue weighted by atomic mass is 9.97. The average Bonchev–Trinajstić information content (AvgIpc) is 2.61. The van der Waals surface area contributed by atoms with E-state index in [0.29, 0.717) is 37.2 Å². The van der Waals surface area contributed by atoms with Crippen molar-refractivity contribution < 1.29 is 22.7 Å². The van der Waals surface area contributed by atoms with E-state index >= 15 is 0 Å². The molecule has 7 nitrogen and oxygen atoms in total. The number of amides is 1. The van der Waals surface area contributed by atoms with E-state index in [-0.39, 0.29) is 17.6 Å². The largest absolute Gasteiger partial charge is 0.465 e. The van der Waals surface area contributed by atoms with Gasteiger partial charge in [0.2, 0.25) is 15.9 Å². The lowest BCUT2D eigenvalue weighted by Gasteiger charge is -2.30. The summed E-state index contributed by atoms with van der Waals surface area (Å²) in [4.78, 5) is 23.7. The second kappa shape index (κ2) is 7.76. The van der Waals surface area contributed by atoms with Gasteiger partial charge in [-0.25, -0.2) is 17.5 Å². The molecule has 0 unspecified atom stereocenters. The van der Waals surface area contributed by atoms with Gasteiger partial charge in [-0.2, -0.15) is 0 Å². The summed E-state index contributed by atoms with van der Waals surface area (Å²) >= 11 is 0. The number of anilines is 1. The number of benzene rings is 1. The van der Waals surface area contributed by atoms with Crippen LogP contribution in [0.1, 0.15) is 30.1 Å². The molecule has 8 heteroatoms. The zero-order valence-corrected chi connectivity index (χ0v) is 14.6. The number of nitrogens with zero attached hydrogens (tertiary/aromatic N) is 1. The third kappa shape index (κ3) is 4.33. The van der Waals surface area contributed by atoms with Crippen molar-refractivity contribution in [3.63, 3.8) is 0 Å². The van der Waals surface area contributed by atoms with Crippen LogP contribution in [-0.2, 0) is 19.6 Å². The maximum Gasteiger partial charge on any atom is 0.337 e. The minimum Gasteiger partial charge on any atom is -0.465 e. The highest BCUT2D eigenvalue weighted by atomic mass is 32.2. The number of ether oxygens (including phenoxy) is 1. The fourth-order valence-electron chi connectivity index (χ4n) is 2.63. The lowest BCUT2D eigenvalue weighted by molar-refractivity contribution is -0.120. The fourth-order valence-corrected chi connectivity index (χ4v) is 3.76. The van der Waals surface area contributed by atoms with Crippen LogP contribution in [0.15, 0.2) is 24.3 Å². The zero-order valence-electron chi connectivity index (χ0n) is 13.8. The maximum atomic E-state index is 12.3. The van der Waals surface area contributed by atoms with E-state index < -0.39 is 16.0 Å². The quantitative estimate of drug-likeness (QED) is 0.809. The van der Waals surface area contributed by atoms with E-state index in [1.54, 1.807) is 31.2 Å². The molecule has 1 aliphatic heterocycles. The maximum absolute atomic E-state index is 12.3. The summed E-state index contributed by atoms with van der Waals surface area (Å²) in [6.07, 6.45) is 1.01. The first kappa shape index (κ1) is 18.4. The Morgan fingerprint density at radius 2 is 1.79 bits per heavy atom. The molecular weight excluding hydrogens is 332 g/mol. The van der Waals surface area contributed by atoms with Gasteiger partial charge in [0.05, 0.1) is 18.4 Å². The number of carbonyl (C=O) groups is 2. The summed E-state index contributed by atoms with van der Waals surface area (Å²) in [6, 6.07) is 6.44. The topological polar surface area (TPSA) is 92.8 Å². The van der Waals surface area contributed by atoms with Gasteiger partial charge < -0.3 is 10.1 Å². The highest BCUT2D eigenvalue weighted by Gasteiger charge is 2.30. The second-order valence-corrected chi connectivity index (χ2v) is 7.89. The summed E-state index contributed by atoms with van der Waals surface area (Å²) in [5.74, 6) is -0.698. The summed E-state index contributed by atoms with van der Waals surface area (Å²) < 4.78 is 29.7. The van der Waals surface area contributed by atoms with Gasteiger partial charge in [0.1, 0.15) is 0 Å². The number of rotatable bonds is 5. The Balaban J connectivity index is 1.91. The van der Waals surface area contributed by atoms with Crippen LogP contribution >= 0.6 is 0 Å². The van der Waals surface area contributed by atoms with E-state index in [1.807, 2.05) is 0 Å². The number of sulfonamides is 1. The van der Waals surface area contributed by atoms with Crippen molar-refractivity contribution in [3.8, 4) is 0 Å². The molecule has 0 bridgehead atoms. The molecule has 1 N–H and O–H groups in total. The van der Waals surface area contributed by atoms with Crippen molar-refractivity contribution in [1.29, 1.82) is 0 Å². The molecule has 2 rings (SSSR count). The molecule has 0 aliphatic carbocycles. The smallest absolute Gasteiger partial charge is 0.337 e. The molecule has 1 heterocycles. The second-order valence-electron chi connectivity index (χ2n) is 5.63. The van der Waals surface area contributed by atoms with Crippen molar-refractivity contribution in [2.75, 3.05) is 31.3 Å².